The number of ether oxygens (including phenoxy) is 2. The first-order valence-electron chi connectivity index (χ1n) is 10.4. The quantitative estimate of drug-likeness (QED) is 0.272. The smallest absolute Gasteiger partial charge is 0.387 e. The first kappa shape index (κ1) is 26.0. The van der Waals surface area contributed by atoms with E-state index in [9.17, 15) is 8.78 Å². The lowest BCUT2D eigenvalue weighted by Crippen LogP contribution is -2.38. The molecule has 9 heteroatoms. The Balaban J connectivity index is 0.00000363. The zero-order chi connectivity index (χ0) is 22.2. The van der Waals surface area contributed by atoms with E-state index in [0.29, 0.717) is 12.5 Å². The van der Waals surface area contributed by atoms with Crippen LogP contribution in [-0.2, 0) is 6.54 Å². The minimum Gasteiger partial charge on any atom is -0.493 e. The minimum atomic E-state index is -2.91. The molecule has 1 saturated heterocycles. The van der Waals surface area contributed by atoms with Gasteiger partial charge in [-0.05, 0) is 55.2 Å². The molecule has 0 aliphatic carbocycles. The van der Waals surface area contributed by atoms with E-state index in [1.54, 1.807) is 19.2 Å². The highest BCUT2D eigenvalue weighted by atomic mass is 127. The molecule has 1 aliphatic heterocycles. The van der Waals surface area contributed by atoms with Gasteiger partial charge in [-0.25, -0.2) is 0 Å². The zero-order valence-electron chi connectivity index (χ0n) is 18.6. The molecule has 3 rings (SSSR count). The molecular formula is C23H31F2IN4O2. The number of halogens is 3. The van der Waals surface area contributed by atoms with Crippen LogP contribution in [0.3, 0.4) is 0 Å². The summed E-state index contributed by atoms with van der Waals surface area (Å²) < 4.78 is 34.9. The molecular weight excluding hydrogens is 529 g/mol. The van der Waals surface area contributed by atoms with E-state index in [0.717, 1.165) is 18.7 Å². The second-order valence-electron chi connectivity index (χ2n) is 7.44. The van der Waals surface area contributed by atoms with Crippen molar-refractivity contribution in [3.63, 3.8) is 0 Å². The number of nitrogens with zero attached hydrogens (tertiary/aromatic N) is 2. The van der Waals surface area contributed by atoms with Gasteiger partial charge in [0.2, 0.25) is 0 Å². The number of anilines is 1. The number of guanidine groups is 1. The van der Waals surface area contributed by atoms with Crippen molar-refractivity contribution < 1.29 is 18.3 Å². The molecule has 6 nitrogen and oxygen atoms in total. The third-order valence-electron chi connectivity index (χ3n) is 5.32. The van der Waals surface area contributed by atoms with Crippen LogP contribution in [0.5, 0.6) is 11.5 Å². The van der Waals surface area contributed by atoms with E-state index in [1.807, 2.05) is 0 Å². The summed E-state index contributed by atoms with van der Waals surface area (Å²) in [4.78, 5) is 6.69. The number of hydrogen-bond donors (Lipinski definition) is 2. The minimum absolute atomic E-state index is 0. The van der Waals surface area contributed by atoms with Gasteiger partial charge < -0.3 is 25.0 Å². The average molecular weight is 560 g/mol. The molecule has 1 heterocycles. The highest BCUT2D eigenvalue weighted by Gasteiger charge is 2.15. The molecule has 176 valence electrons. The van der Waals surface area contributed by atoms with Gasteiger partial charge in [0.05, 0.1) is 13.2 Å². The van der Waals surface area contributed by atoms with Crippen molar-refractivity contribution in [2.45, 2.75) is 39.0 Å². The predicted octanol–water partition coefficient (Wildman–Crippen LogP) is 4.94. The maximum atomic E-state index is 12.6. The van der Waals surface area contributed by atoms with Crippen LogP contribution >= 0.6 is 24.0 Å². The third-order valence-corrected chi connectivity index (χ3v) is 5.32. The van der Waals surface area contributed by atoms with Gasteiger partial charge in [0.25, 0.3) is 0 Å². The van der Waals surface area contributed by atoms with E-state index >= 15 is 0 Å². The van der Waals surface area contributed by atoms with Crippen molar-refractivity contribution in [1.29, 1.82) is 0 Å². The highest BCUT2D eigenvalue weighted by molar-refractivity contribution is 14.0. The lowest BCUT2D eigenvalue weighted by atomic mass is 10.1. The van der Waals surface area contributed by atoms with Crippen molar-refractivity contribution >= 4 is 35.6 Å². The lowest BCUT2D eigenvalue weighted by molar-refractivity contribution is -0.0512. The highest BCUT2D eigenvalue weighted by Crippen LogP contribution is 2.29. The Hall–Kier alpha value is -2.30. The summed E-state index contributed by atoms with van der Waals surface area (Å²) in [5.74, 6) is 0.885. The first-order valence-corrected chi connectivity index (χ1v) is 10.4. The molecule has 1 aliphatic rings. The van der Waals surface area contributed by atoms with Crippen LogP contribution < -0.4 is 25.0 Å². The van der Waals surface area contributed by atoms with Crippen molar-refractivity contribution in [2.75, 3.05) is 32.1 Å². The second kappa shape index (κ2) is 12.7. The molecule has 0 aromatic heterocycles. The average Bonchev–Trinajstić information content (AvgIpc) is 3.31. The van der Waals surface area contributed by atoms with Gasteiger partial charge in [0.15, 0.2) is 17.5 Å². The van der Waals surface area contributed by atoms with Gasteiger partial charge in [-0.3, -0.25) is 4.99 Å². The van der Waals surface area contributed by atoms with Gasteiger partial charge in [0.1, 0.15) is 0 Å². The monoisotopic (exact) mass is 560 g/mol. The van der Waals surface area contributed by atoms with Gasteiger partial charge in [-0.15, -0.1) is 24.0 Å². The van der Waals surface area contributed by atoms with Crippen molar-refractivity contribution in [2.24, 2.45) is 4.99 Å². The van der Waals surface area contributed by atoms with Crippen LogP contribution in [0.1, 0.15) is 36.9 Å². The maximum Gasteiger partial charge on any atom is 0.387 e. The number of hydrogen-bond acceptors (Lipinski definition) is 4. The molecule has 0 saturated carbocycles. The largest absolute Gasteiger partial charge is 0.493 e. The van der Waals surface area contributed by atoms with Crippen molar-refractivity contribution in [3.8, 4) is 11.5 Å². The van der Waals surface area contributed by atoms with E-state index < -0.39 is 6.61 Å². The number of rotatable bonds is 8. The van der Waals surface area contributed by atoms with Gasteiger partial charge >= 0.3 is 6.61 Å². The number of methoxy groups -OCH3 is 1. The predicted molar refractivity (Wildman–Crippen MR) is 135 cm³/mol. The molecule has 1 unspecified atom stereocenters. The fourth-order valence-corrected chi connectivity index (χ4v) is 3.65. The van der Waals surface area contributed by atoms with E-state index in [4.69, 9.17) is 4.74 Å². The molecule has 0 amide bonds. The molecule has 0 spiro atoms. The number of nitrogens with one attached hydrogen (secondary N) is 2. The van der Waals surface area contributed by atoms with Crippen LogP contribution in [0.4, 0.5) is 14.5 Å². The van der Waals surface area contributed by atoms with Crippen LogP contribution in [0, 0.1) is 0 Å². The first-order chi connectivity index (χ1) is 15.0. The molecule has 0 radical (unpaired) electrons. The summed E-state index contributed by atoms with van der Waals surface area (Å²) in [5, 5.41) is 6.60. The second-order valence-corrected chi connectivity index (χ2v) is 7.44. The molecule has 32 heavy (non-hydrogen) atoms. The summed E-state index contributed by atoms with van der Waals surface area (Å²) in [6, 6.07) is 13.5. The van der Waals surface area contributed by atoms with Gasteiger partial charge in [-0.1, -0.05) is 18.2 Å². The zero-order valence-corrected chi connectivity index (χ0v) is 20.9. The normalized spacial score (nSPS) is 14.7. The standard InChI is InChI=1S/C23H30F2N4O2.HI/c1-16(18-7-6-8-19(14-18)29-11-4-5-12-29)28-23(26-2)27-15-17-9-10-20(30-3)21(13-17)31-22(24)25;/h6-10,13-14,16,22H,4-5,11-12,15H2,1-3H3,(H2,26,27,28);1H. The fraction of sp³-hybridized carbons (Fsp3) is 0.435. The summed E-state index contributed by atoms with van der Waals surface area (Å²) in [6.07, 6.45) is 2.48. The van der Waals surface area contributed by atoms with Crippen molar-refractivity contribution in [3.05, 3.63) is 53.6 Å². The Morgan fingerprint density at radius 3 is 2.53 bits per heavy atom. The van der Waals surface area contributed by atoms with Crippen LogP contribution in [0.2, 0.25) is 0 Å². The Labute approximate surface area is 205 Å². The molecule has 0 bridgehead atoms. The molecule has 2 aromatic rings. The number of benzene rings is 2. The van der Waals surface area contributed by atoms with Crippen LogP contribution in [0.25, 0.3) is 0 Å². The number of aliphatic imine (C=N–C) groups is 1. The Morgan fingerprint density at radius 1 is 1.12 bits per heavy atom. The van der Waals surface area contributed by atoms with E-state index in [2.05, 4.69) is 56.5 Å². The summed E-state index contributed by atoms with van der Waals surface area (Å²) in [5.41, 5.74) is 3.18. The third kappa shape index (κ3) is 7.11. The van der Waals surface area contributed by atoms with E-state index in [-0.39, 0.29) is 41.5 Å². The molecule has 1 fully saturated rings. The fourth-order valence-electron chi connectivity index (χ4n) is 3.65. The summed E-state index contributed by atoms with van der Waals surface area (Å²) >= 11 is 0. The topological polar surface area (TPSA) is 58.1 Å². The SMILES string of the molecule is CN=C(NCc1ccc(OC)c(OC(F)F)c1)NC(C)c1cccc(N2CCCC2)c1.I. The molecule has 2 aromatic carbocycles. The van der Waals surface area contributed by atoms with Gasteiger partial charge in [-0.2, -0.15) is 8.78 Å². The lowest BCUT2D eigenvalue weighted by Gasteiger charge is -2.22. The van der Waals surface area contributed by atoms with Crippen LogP contribution in [0.15, 0.2) is 47.5 Å². The summed E-state index contributed by atoms with van der Waals surface area (Å²) in [7, 11) is 3.11. The van der Waals surface area contributed by atoms with Crippen molar-refractivity contribution in [1.82, 2.24) is 10.6 Å². The molecule has 1 atom stereocenters. The molecule has 2 N–H and O–H groups in total. The Kier molecular flexibility index (Phi) is 10.3. The maximum absolute atomic E-state index is 12.6. The van der Waals surface area contributed by atoms with Crippen LogP contribution in [-0.4, -0.2) is 39.8 Å². The van der Waals surface area contributed by atoms with Gasteiger partial charge in [0, 0.05) is 32.4 Å². The summed E-state index contributed by atoms with van der Waals surface area (Å²) in [6.45, 7) is 1.77. The Bertz CT molecular complexity index is 892. The van der Waals surface area contributed by atoms with E-state index in [1.165, 1.54) is 37.3 Å². The number of alkyl halides is 2. The Morgan fingerprint density at radius 2 is 1.88 bits per heavy atom.